The molecule has 0 aliphatic carbocycles. The third kappa shape index (κ3) is 25.7. The van der Waals surface area contributed by atoms with Gasteiger partial charge in [0.05, 0.1) is 127 Å². The maximum absolute atomic E-state index is 14.0. The van der Waals surface area contributed by atoms with Gasteiger partial charge in [-0.15, -0.1) is 11.3 Å². The van der Waals surface area contributed by atoms with Crippen LogP contribution in [0, 0.1) is 44.0 Å². The summed E-state index contributed by atoms with van der Waals surface area (Å²) in [5, 5.41) is 3.65. The molecule has 0 spiro atoms. The van der Waals surface area contributed by atoms with E-state index in [4.69, 9.17) is 27.6 Å². The number of pyridine rings is 2. The van der Waals surface area contributed by atoms with E-state index in [0.29, 0.717) is 89.8 Å². The molecule has 15 rings (SSSR count). The Morgan fingerprint density at radius 3 is 1.12 bits per heavy atom. The number of rotatable bonds is 25. The van der Waals surface area contributed by atoms with Gasteiger partial charge in [-0.3, -0.25) is 33.9 Å². The predicted molar refractivity (Wildman–Crippen MR) is 456 cm³/mol. The molecule has 10 aromatic heterocycles. The average Bonchev–Trinajstić information content (AvgIpc) is 0.963. The minimum Gasteiger partial charge on any atom is -0.448 e. The van der Waals surface area contributed by atoms with Crippen molar-refractivity contribution in [2.24, 2.45) is 0 Å². The Bertz CT molecular complexity index is 5920. The number of nitrogens with zero attached hydrogens (tertiary/aromatic N) is 21. The monoisotopic (exact) mass is 1700 g/mol. The minimum atomic E-state index is -0.497. The number of thiazole rings is 1. The van der Waals surface area contributed by atoms with Crippen molar-refractivity contribution in [3.8, 4) is 0 Å². The Balaban J connectivity index is 0.000000149. The molecule has 0 bridgehead atoms. The first-order valence-corrected chi connectivity index (χ1v) is 38.6. The molecule has 0 saturated carbocycles. The second-order valence-electron chi connectivity index (χ2n) is 27.0. The van der Waals surface area contributed by atoms with Crippen LogP contribution in [0.4, 0.5) is 74.4 Å². The van der Waals surface area contributed by atoms with E-state index < -0.39 is 23.3 Å². The van der Waals surface area contributed by atoms with Gasteiger partial charge < -0.3 is 28.9 Å². The summed E-state index contributed by atoms with van der Waals surface area (Å²) in [5.74, 6) is -2.13. The van der Waals surface area contributed by atoms with Crippen LogP contribution in [0.3, 0.4) is 0 Å². The smallest absolute Gasteiger partial charge is 0.202 e. The number of Topliss-reactive ketones (excluding diaryl/α,β-unsaturated/α-hetero) is 5. The number of carbonyl (C=O) groups is 5. The fourth-order valence-corrected chi connectivity index (χ4v) is 12.6. The van der Waals surface area contributed by atoms with E-state index >= 15 is 0 Å². The lowest BCUT2D eigenvalue weighted by molar-refractivity contribution is 0.0977. The summed E-state index contributed by atoms with van der Waals surface area (Å²) in [6.45, 7) is 5.51. The Kier molecular flexibility index (Phi) is 30.8. The first kappa shape index (κ1) is 88.2. The summed E-state index contributed by atoms with van der Waals surface area (Å²) in [4.78, 5) is 135. The van der Waals surface area contributed by atoms with Crippen LogP contribution in [0.2, 0.25) is 10.0 Å². The van der Waals surface area contributed by atoms with Crippen LogP contribution < -0.4 is 24.5 Å². The van der Waals surface area contributed by atoms with Gasteiger partial charge in [0.25, 0.3) is 0 Å². The molecule has 10 heterocycles. The molecule has 34 heteroatoms. The second-order valence-corrected chi connectivity index (χ2v) is 28.9. The maximum Gasteiger partial charge on any atom is 0.202 e. The molecule has 0 fully saturated rings. The molecule has 0 N–H and O–H groups in total. The van der Waals surface area contributed by atoms with Crippen molar-refractivity contribution in [2.75, 3.05) is 59.7 Å². The second kappa shape index (κ2) is 42.7. The molecule has 0 aliphatic heterocycles. The van der Waals surface area contributed by atoms with Crippen molar-refractivity contribution in [2.45, 2.75) is 52.9 Å². The number of hydrogen-bond donors (Lipinski definition) is 0. The molecule has 15 aromatic rings. The van der Waals surface area contributed by atoms with Crippen LogP contribution in [0.15, 0.2) is 256 Å². The molecule has 122 heavy (non-hydrogen) atoms. The molecular formula is C88H75Cl2F4N21O6S. The van der Waals surface area contributed by atoms with Crippen LogP contribution in [0.1, 0.15) is 96.7 Å². The number of aromatic nitrogens is 16. The summed E-state index contributed by atoms with van der Waals surface area (Å²) >= 11 is 13.4. The van der Waals surface area contributed by atoms with Crippen molar-refractivity contribution in [3.05, 3.63) is 358 Å². The van der Waals surface area contributed by atoms with Gasteiger partial charge in [-0.25, -0.2) is 87.3 Å². The third-order valence-corrected chi connectivity index (χ3v) is 19.2. The Hall–Kier alpha value is -14.6. The standard InChI is InChI=1S/C19H17FN4O.C18H14ClFN4O.C18H16FN5O.C17H15FN4O2.C16H13ClN4OS/c1-13-3-14(9-21-8-13)4-19(25)15-5-16(20)7-17(6-15)24(2)18-10-22-12-23-11-18;1-24(17-9-21-11-22-10-17)16-5-12(4-14(20)6-16)18(25)7-15-3-2-13(19)8-23-15;1-12-3-4-22-18(23-12)8-17(25)13-5-14(19)7-15(6-13)24(2)16-9-20-11-21-10-16;1-11-9-24-17(21-11)6-16(23)12-3-13(18)5-14(4-12)22(2)15-7-19-10-20-8-15;1-21(14-8-18-10-19-9-14)13-5-11(4-12(17)6-13)15(22)7-16-20-2-3-23-16/h3,5-12H,4H2,1-2H3;2-6,8-11H,7H2,1H3;3-7,9-11H,8H2,1-2H3;3-5,7-10H,6H2,1-2H3;2-6,8-10H,7H2,1H3. The van der Waals surface area contributed by atoms with Gasteiger partial charge in [-0.05, 0) is 141 Å². The zero-order valence-electron chi connectivity index (χ0n) is 66.7. The van der Waals surface area contributed by atoms with Gasteiger partial charge in [-0.1, -0.05) is 29.3 Å². The molecule has 0 saturated heterocycles. The fraction of sp³-hybridized carbons (Fsp3) is 0.148. The lowest BCUT2D eigenvalue weighted by atomic mass is 10.0. The number of aryl methyl sites for hydroxylation is 3. The van der Waals surface area contributed by atoms with Gasteiger partial charge in [-0.2, -0.15) is 0 Å². The van der Waals surface area contributed by atoms with Crippen molar-refractivity contribution in [1.82, 2.24) is 79.7 Å². The first-order valence-electron chi connectivity index (χ1n) is 37.0. The number of benzene rings is 5. The largest absolute Gasteiger partial charge is 0.448 e. The number of carbonyl (C=O) groups excluding carboxylic acids is 5. The number of anilines is 10. The van der Waals surface area contributed by atoms with Crippen LogP contribution >= 0.6 is 34.5 Å². The number of halogens is 6. The van der Waals surface area contributed by atoms with Gasteiger partial charge in [0.1, 0.15) is 72.0 Å². The Morgan fingerprint density at radius 2 is 0.746 bits per heavy atom. The highest BCUT2D eigenvalue weighted by atomic mass is 35.5. The summed E-state index contributed by atoms with van der Waals surface area (Å²) in [6, 6.07) is 29.2. The summed E-state index contributed by atoms with van der Waals surface area (Å²) < 4.78 is 61.2. The van der Waals surface area contributed by atoms with E-state index in [0.717, 1.165) is 33.2 Å². The van der Waals surface area contributed by atoms with E-state index in [1.807, 2.05) is 43.3 Å². The fourth-order valence-electron chi connectivity index (χ4n) is 11.6. The molecule has 0 atom stereocenters. The third-order valence-electron chi connectivity index (χ3n) is 18.0. The predicted octanol–water partition coefficient (Wildman–Crippen LogP) is 17.2. The maximum atomic E-state index is 14.0. The quantitative estimate of drug-likeness (QED) is 0.0379. The topological polar surface area (TPSA) is 321 Å². The number of hydrogen-bond acceptors (Lipinski definition) is 28. The first-order chi connectivity index (χ1) is 58.7. The SMILES string of the molecule is CN(c1cncnc1)c1cc(Cl)cc(C(=O)Cc2nccs2)c1.CN(c1cncnc1)c1cc(F)cc(C(=O)Cc2ccc(Cl)cn2)c1.Cc1ccnc(CC(=O)c2cc(F)cc(N(C)c3cncnc3)c2)n1.Cc1cncc(CC(=O)c2cc(F)cc(N(C)c3cncnc3)c2)c1.Cc1coc(CC(=O)c2cc(F)cc(N(C)c3cncnc3)c2)n1. The van der Waals surface area contributed by atoms with Crippen LogP contribution in [-0.2, 0) is 32.1 Å². The van der Waals surface area contributed by atoms with Crippen LogP contribution in [0.5, 0.6) is 0 Å². The van der Waals surface area contributed by atoms with Crippen LogP contribution in [0.25, 0.3) is 0 Å². The highest BCUT2D eigenvalue weighted by Gasteiger charge is 2.21. The average molecular weight is 1700 g/mol. The van der Waals surface area contributed by atoms with E-state index in [9.17, 15) is 41.5 Å². The molecule has 5 aromatic carbocycles. The van der Waals surface area contributed by atoms with E-state index in [1.165, 1.54) is 104 Å². The van der Waals surface area contributed by atoms with Gasteiger partial charge in [0.2, 0.25) is 5.89 Å². The number of oxazole rings is 1. The molecular weight excluding hydrogens is 1630 g/mol. The molecule has 0 radical (unpaired) electrons. The zero-order valence-corrected chi connectivity index (χ0v) is 69.1. The summed E-state index contributed by atoms with van der Waals surface area (Å²) in [6.07, 6.45) is 33.6. The minimum absolute atomic E-state index is 0.0126. The van der Waals surface area contributed by atoms with Gasteiger partial charge >= 0.3 is 0 Å². The van der Waals surface area contributed by atoms with E-state index in [1.54, 1.807) is 196 Å². The normalized spacial score (nSPS) is 10.5. The highest BCUT2D eigenvalue weighted by molar-refractivity contribution is 7.09. The number of ketones is 5. The molecule has 0 amide bonds. The Morgan fingerprint density at radius 1 is 0.352 bits per heavy atom. The molecule has 616 valence electrons. The van der Waals surface area contributed by atoms with E-state index in [2.05, 4.69) is 79.7 Å². The summed E-state index contributed by atoms with van der Waals surface area (Å²) in [7, 11) is 8.90. The van der Waals surface area contributed by atoms with Crippen molar-refractivity contribution < 1.29 is 46.0 Å². The van der Waals surface area contributed by atoms with Crippen molar-refractivity contribution in [3.63, 3.8) is 0 Å². The molecule has 27 nitrogen and oxygen atoms in total. The van der Waals surface area contributed by atoms with E-state index in [-0.39, 0.29) is 77.7 Å². The van der Waals surface area contributed by atoms with Crippen molar-refractivity contribution >= 4 is 120 Å². The van der Waals surface area contributed by atoms with Gasteiger partial charge in [0, 0.05) is 151 Å². The highest BCUT2D eigenvalue weighted by Crippen LogP contribution is 2.32. The summed E-state index contributed by atoms with van der Waals surface area (Å²) in [5.41, 5.74) is 12.0. The molecule has 0 unspecified atom stereocenters. The lowest BCUT2D eigenvalue weighted by Gasteiger charge is -2.19. The van der Waals surface area contributed by atoms with Crippen LogP contribution in [-0.4, -0.2) is 144 Å². The van der Waals surface area contributed by atoms with Crippen molar-refractivity contribution in [1.29, 1.82) is 0 Å². The zero-order chi connectivity index (χ0) is 86.8. The molecule has 0 aliphatic rings. The van der Waals surface area contributed by atoms with Gasteiger partial charge in [0.15, 0.2) is 28.9 Å². The Labute approximate surface area is 712 Å². The lowest BCUT2D eigenvalue weighted by Crippen LogP contribution is -2.13.